The molecule has 3 nitrogen and oxygen atoms in total. The van der Waals surface area contributed by atoms with Crippen molar-refractivity contribution in [2.45, 2.75) is 39.3 Å². The number of rotatable bonds is 2. The van der Waals surface area contributed by atoms with E-state index in [4.69, 9.17) is 10.5 Å². The molecule has 0 unspecified atom stereocenters. The second-order valence-electron chi connectivity index (χ2n) is 4.72. The van der Waals surface area contributed by atoms with E-state index in [1.165, 1.54) is 0 Å². The van der Waals surface area contributed by atoms with Crippen molar-refractivity contribution in [1.82, 2.24) is 0 Å². The number of aromatic hydroxyl groups is 1. The number of benzene rings is 1. The molecule has 3 heteroatoms. The molecule has 3 N–H and O–H groups in total. The number of hydrogen-bond acceptors (Lipinski definition) is 3. The van der Waals surface area contributed by atoms with Gasteiger partial charge in [0.25, 0.3) is 0 Å². The lowest BCUT2D eigenvalue weighted by molar-refractivity contribution is 0.130. The average Bonchev–Trinajstić information content (AvgIpc) is 2.05. The van der Waals surface area contributed by atoms with Crippen molar-refractivity contribution in [3.05, 3.63) is 23.8 Å². The van der Waals surface area contributed by atoms with Crippen LogP contribution in [0.25, 0.3) is 0 Å². The Labute approximate surface area is 90.9 Å². The summed E-state index contributed by atoms with van der Waals surface area (Å²) < 4.78 is 5.68. The minimum absolute atomic E-state index is 0.200. The number of nitrogens with two attached hydrogens (primary N) is 1. The summed E-state index contributed by atoms with van der Waals surface area (Å²) in [4.78, 5) is 0. The van der Waals surface area contributed by atoms with Crippen molar-refractivity contribution in [3.63, 3.8) is 0 Å². The molecule has 1 rings (SSSR count). The highest BCUT2D eigenvalue weighted by atomic mass is 16.5. The lowest BCUT2D eigenvalue weighted by Gasteiger charge is -2.22. The zero-order valence-corrected chi connectivity index (χ0v) is 9.74. The van der Waals surface area contributed by atoms with Gasteiger partial charge < -0.3 is 15.6 Å². The maximum Gasteiger partial charge on any atom is 0.120 e. The molecule has 1 aromatic rings. The average molecular weight is 209 g/mol. The van der Waals surface area contributed by atoms with Crippen LogP contribution < -0.4 is 10.5 Å². The van der Waals surface area contributed by atoms with E-state index in [0.29, 0.717) is 5.56 Å². The van der Waals surface area contributed by atoms with E-state index in [2.05, 4.69) is 0 Å². The lowest BCUT2D eigenvalue weighted by Crippen LogP contribution is -2.23. The second-order valence-corrected chi connectivity index (χ2v) is 4.72. The molecule has 0 bridgehead atoms. The van der Waals surface area contributed by atoms with Crippen LogP contribution in [0.5, 0.6) is 11.5 Å². The van der Waals surface area contributed by atoms with E-state index in [-0.39, 0.29) is 17.4 Å². The highest BCUT2D eigenvalue weighted by Gasteiger charge is 2.14. The topological polar surface area (TPSA) is 55.5 Å². The van der Waals surface area contributed by atoms with Crippen molar-refractivity contribution in [1.29, 1.82) is 0 Å². The van der Waals surface area contributed by atoms with Crippen LogP contribution in [0.15, 0.2) is 18.2 Å². The molecule has 0 fully saturated rings. The van der Waals surface area contributed by atoms with Gasteiger partial charge in [-0.25, -0.2) is 0 Å². The molecule has 0 aromatic heterocycles. The van der Waals surface area contributed by atoms with Gasteiger partial charge in [0.2, 0.25) is 0 Å². The Bertz CT molecular complexity index is 340. The first-order valence-electron chi connectivity index (χ1n) is 5.07. The van der Waals surface area contributed by atoms with Crippen molar-refractivity contribution in [2.75, 3.05) is 0 Å². The van der Waals surface area contributed by atoms with Crippen LogP contribution in [0.3, 0.4) is 0 Å². The first-order valence-corrected chi connectivity index (χ1v) is 5.07. The molecule has 0 saturated carbocycles. The third-order valence-electron chi connectivity index (χ3n) is 1.91. The number of phenolic OH excluding ortho intramolecular Hbond substituents is 1. The van der Waals surface area contributed by atoms with Crippen LogP contribution in [0.4, 0.5) is 0 Å². The third-order valence-corrected chi connectivity index (χ3v) is 1.91. The quantitative estimate of drug-likeness (QED) is 0.787. The van der Waals surface area contributed by atoms with Gasteiger partial charge in [-0.1, -0.05) is 0 Å². The van der Waals surface area contributed by atoms with Gasteiger partial charge in [0.05, 0.1) is 0 Å². The standard InChI is InChI=1S/C12H19NO2/c1-8(13)10-7-9(5-6-11(10)14)15-12(2,3)4/h5-8,14H,13H2,1-4H3/t8-/m1/s1. The molecule has 0 aliphatic carbocycles. The van der Waals surface area contributed by atoms with Gasteiger partial charge in [-0.3, -0.25) is 0 Å². The smallest absolute Gasteiger partial charge is 0.120 e. The van der Waals surface area contributed by atoms with Crippen LogP contribution >= 0.6 is 0 Å². The normalized spacial score (nSPS) is 13.7. The highest BCUT2D eigenvalue weighted by Crippen LogP contribution is 2.28. The van der Waals surface area contributed by atoms with Crippen molar-refractivity contribution in [2.24, 2.45) is 5.73 Å². The fourth-order valence-electron chi connectivity index (χ4n) is 1.31. The molecule has 0 amide bonds. The molecule has 0 heterocycles. The zero-order valence-electron chi connectivity index (χ0n) is 9.74. The SMILES string of the molecule is C[C@@H](N)c1cc(OC(C)(C)C)ccc1O. The second kappa shape index (κ2) is 4.11. The Kier molecular flexibility index (Phi) is 3.25. The number of phenols is 1. The molecule has 1 atom stereocenters. The van der Waals surface area contributed by atoms with Crippen molar-refractivity contribution >= 4 is 0 Å². The van der Waals surface area contributed by atoms with E-state index in [9.17, 15) is 5.11 Å². The van der Waals surface area contributed by atoms with Gasteiger partial charge in [-0.05, 0) is 45.9 Å². The molecule has 0 radical (unpaired) electrons. The molecule has 0 spiro atoms. The van der Waals surface area contributed by atoms with Crippen LogP contribution in [0.2, 0.25) is 0 Å². The fourth-order valence-corrected chi connectivity index (χ4v) is 1.31. The van der Waals surface area contributed by atoms with Gasteiger partial charge in [-0.2, -0.15) is 0 Å². The Morgan fingerprint density at radius 2 is 1.93 bits per heavy atom. The molecule has 15 heavy (non-hydrogen) atoms. The minimum Gasteiger partial charge on any atom is -0.508 e. The third kappa shape index (κ3) is 3.44. The maximum absolute atomic E-state index is 9.57. The van der Waals surface area contributed by atoms with Crippen molar-refractivity contribution < 1.29 is 9.84 Å². The molecule has 1 aromatic carbocycles. The van der Waals surface area contributed by atoms with E-state index < -0.39 is 0 Å². The zero-order chi connectivity index (χ0) is 11.6. The summed E-state index contributed by atoms with van der Waals surface area (Å²) in [6.45, 7) is 7.76. The summed E-state index contributed by atoms with van der Waals surface area (Å²) in [6.07, 6.45) is 0. The maximum atomic E-state index is 9.57. The summed E-state index contributed by atoms with van der Waals surface area (Å²) in [5.74, 6) is 0.943. The summed E-state index contributed by atoms with van der Waals surface area (Å²) >= 11 is 0. The van der Waals surface area contributed by atoms with Gasteiger partial charge in [0.15, 0.2) is 0 Å². The number of hydrogen-bond donors (Lipinski definition) is 2. The molecular formula is C12H19NO2. The van der Waals surface area contributed by atoms with E-state index in [0.717, 1.165) is 5.75 Å². The molecule has 84 valence electrons. The van der Waals surface area contributed by atoms with Crippen molar-refractivity contribution in [3.8, 4) is 11.5 Å². The molecule has 0 aliphatic heterocycles. The van der Waals surface area contributed by atoms with Crippen LogP contribution in [0.1, 0.15) is 39.3 Å². The predicted molar refractivity (Wildman–Crippen MR) is 61.1 cm³/mol. The van der Waals surface area contributed by atoms with Gasteiger partial charge in [-0.15, -0.1) is 0 Å². The summed E-state index contributed by atoms with van der Waals surface area (Å²) in [7, 11) is 0. The first kappa shape index (κ1) is 11.9. The molecule has 0 aliphatic rings. The lowest BCUT2D eigenvalue weighted by atomic mass is 10.1. The van der Waals surface area contributed by atoms with E-state index in [1.807, 2.05) is 27.7 Å². The molecule has 0 saturated heterocycles. The van der Waals surface area contributed by atoms with Gasteiger partial charge in [0.1, 0.15) is 17.1 Å². The Morgan fingerprint density at radius 1 is 1.33 bits per heavy atom. The highest BCUT2D eigenvalue weighted by molar-refractivity contribution is 5.41. The fraction of sp³-hybridized carbons (Fsp3) is 0.500. The minimum atomic E-state index is -0.244. The monoisotopic (exact) mass is 209 g/mol. The summed E-state index contributed by atoms with van der Waals surface area (Å²) in [6, 6.07) is 4.94. The summed E-state index contributed by atoms with van der Waals surface area (Å²) in [5, 5.41) is 9.57. The Hall–Kier alpha value is -1.22. The van der Waals surface area contributed by atoms with Gasteiger partial charge >= 0.3 is 0 Å². The van der Waals surface area contributed by atoms with Crippen LogP contribution in [-0.2, 0) is 0 Å². The first-order chi connectivity index (χ1) is 6.79. The molecular weight excluding hydrogens is 190 g/mol. The predicted octanol–water partition coefficient (Wildman–Crippen LogP) is 2.59. The largest absolute Gasteiger partial charge is 0.508 e. The van der Waals surface area contributed by atoms with E-state index >= 15 is 0 Å². The van der Waals surface area contributed by atoms with Crippen LogP contribution in [-0.4, -0.2) is 10.7 Å². The summed E-state index contributed by atoms with van der Waals surface area (Å²) in [5.41, 5.74) is 6.19. The van der Waals surface area contributed by atoms with E-state index in [1.54, 1.807) is 18.2 Å². The van der Waals surface area contributed by atoms with Crippen LogP contribution in [0, 0.1) is 0 Å². The number of ether oxygens (including phenoxy) is 1. The Morgan fingerprint density at radius 3 is 2.40 bits per heavy atom. The van der Waals surface area contributed by atoms with Gasteiger partial charge in [0, 0.05) is 11.6 Å². The Balaban J connectivity index is 2.98.